The molecule has 0 aliphatic heterocycles. The largest absolute Gasteiger partial charge is 0.484 e. The van der Waals surface area contributed by atoms with Crippen LogP contribution in [0.5, 0.6) is 5.75 Å². The number of carbonyl (C=O) groups is 1. The molecule has 0 saturated carbocycles. The molecule has 0 aromatic heterocycles. The van der Waals surface area contributed by atoms with Gasteiger partial charge in [0, 0.05) is 0 Å². The molecule has 0 spiro atoms. The third kappa shape index (κ3) is 4.27. The molecular weight excluding hydrogens is 224 g/mol. The zero-order chi connectivity index (χ0) is 12.1. The van der Waals surface area contributed by atoms with Crippen LogP contribution < -0.4 is 15.8 Å². The van der Waals surface area contributed by atoms with Crippen LogP contribution in [0.25, 0.3) is 0 Å². The van der Waals surface area contributed by atoms with Crippen LogP contribution in [-0.4, -0.2) is 17.6 Å². The molecule has 0 aliphatic rings. The van der Waals surface area contributed by atoms with Crippen molar-refractivity contribution in [2.45, 2.75) is 13.8 Å². The molecule has 0 radical (unpaired) electrons. The second-order valence-corrected chi connectivity index (χ2v) is 3.96. The van der Waals surface area contributed by atoms with E-state index in [9.17, 15) is 4.79 Å². The highest BCUT2D eigenvalue weighted by Crippen LogP contribution is 2.15. The van der Waals surface area contributed by atoms with Crippen molar-refractivity contribution < 1.29 is 9.53 Å². The Morgan fingerprint density at radius 1 is 1.38 bits per heavy atom. The van der Waals surface area contributed by atoms with Crippen LogP contribution in [-0.2, 0) is 4.79 Å². The maximum absolute atomic E-state index is 11.2. The Bertz CT molecular complexity index is 398. The first-order chi connectivity index (χ1) is 7.47. The molecule has 0 atom stereocenters. The van der Waals surface area contributed by atoms with E-state index in [1.165, 1.54) is 0 Å². The first-order valence-corrected chi connectivity index (χ1v) is 5.18. The van der Waals surface area contributed by atoms with E-state index in [4.69, 9.17) is 10.5 Å². The van der Waals surface area contributed by atoms with E-state index >= 15 is 0 Å². The number of thiocarbonyl (C=S) groups is 1. The van der Waals surface area contributed by atoms with Gasteiger partial charge in [-0.3, -0.25) is 4.79 Å². The second-order valence-electron chi connectivity index (χ2n) is 3.52. The summed E-state index contributed by atoms with van der Waals surface area (Å²) in [6.07, 6.45) is 0. The minimum Gasteiger partial charge on any atom is -0.484 e. The summed E-state index contributed by atoms with van der Waals surface area (Å²) in [7, 11) is 0. The molecule has 0 unspecified atom stereocenters. The summed E-state index contributed by atoms with van der Waals surface area (Å²) in [4.78, 5) is 11.2. The van der Waals surface area contributed by atoms with Crippen LogP contribution in [0.15, 0.2) is 18.2 Å². The third-order valence-corrected chi connectivity index (χ3v) is 1.93. The topological polar surface area (TPSA) is 64.3 Å². The molecule has 3 N–H and O–H groups in total. The molecule has 0 fully saturated rings. The quantitative estimate of drug-likeness (QED) is 0.772. The average molecular weight is 238 g/mol. The number of carbonyl (C=O) groups excluding carboxylic acids is 1. The molecule has 0 saturated heterocycles. The van der Waals surface area contributed by atoms with Crippen molar-refractivity contribution in [3.8, 4) is 5.75 Å². The van der Waals surface area contributed by atoms with Crippen LogP contribution >= 0.6 is 12.2 Å². The van der Waals surface area contributed by atoms with Crippen LogP contribution in [0, 0.1) is 13.8 Å². The summed E-state index contributed by atoms with van der Waals surface area (Å²) in [6, 6.07) is 5.75. The van der Waals surface area contributed by atoms with Crippen molar-refractivity contribution in [3.05, 3.63) is 29.3 Å². The highest BCUT2D eigenvalue weighted by atomic mass is 32.1. The van der Waals surface area contributed by atoms with Crippen LogP contribution in [0.2, 0.25) is 0 Å². The zero-order valence-corrected chi connectivity index (χ0v) is 10.1. The number of benzene rings is 1. The lowest BCUT2D eigenvalue weighted by atomic mass is 10.1. The van der Waals surface area contributed by atoms with E-state index in [2.05, 4.69) is 17.5 Å². The highest BCUT2D eigenvalue weighted by Gasteiger charge is 2.03. The second kappa shape index (κ2) is 5.46. The molecule has 1 rings (SSSR count). The Kier molecular flexibility index (Phi) is 4.25. The summed E-state index contributed by atoms with van der Waals surface area (Å²) in [6.45, 7) is 3.84. The summed E-state index contributed by atoms with van der Waals surface area (Å²) in [5.74, 6) is 0.308. The van der Waals surface area contributed by atoms with Crippen molar-refractivity contribution in [1.82, 2.24) is 5.32 Å². The van der Waals surface area contributed by atoms with Crippen molar-refractivity contribution in [3.63, 3.8) is 0 Å². The molecule has 86 valence electrons. The fraction of sp³-hybridized carbons (Fsp3) is 0.273. The van der Waals surface area contributed by atoms with Crippen molar-refractivity contribution in [2.75, 3.05) is 6.61 Å². The number of hydrogen-bond acceptors (Lipinski definition) is 3. The van der Waals surface area contributed by atoms with Crippen LogP contribution in [0.3, 0.4) is 0 Å². The molecule has 1 amide bonds. The van der Waals surface area contributed by atoms with Gasteiger partial charge in [0.1, 0.15) is 5.75 Å². The number of hydrogen-bond donors (Lipinski definition) is 2. The zero-order valence-electron chi connectivity index (χ0n) is 9.24. The number of amides is 1. The molecule has 0 bridgehead atoms. The van der Waals surface area contributed by atoms with Gasteiger partial charge in [-0.2, -0.15) is 0 Å². The van der Waals surface area contributed by atoms with Gasteiger partial charge in [0.25, 0.3) is 5.91 Å². The molecule has 5 heteroatoms. The molecule has 4 nitrogen and oxygen atoms in total. The van der Waals surface area contributed by atoms with Gasteiger partial charge in [0.05, 0.1) is 0 Å². The van der Waals surface area contributed by atoms with Gasteiger partial charge in [0.15, 0.2) is 11.7 Å². The number of aryl methyl sites for hydroxylation is 2. The minimum absolute atomic E-state index is 0.0472. The highest BCUT2D eigenvalue weighted by molar-refractivity contribution is 7.80. The maximum atomic E-state index is 11.2. The smallest absolute Gasteiger partial charge is 0.264 e. The summed E-state index contributed by atoms with van der Waals surface area (Å²) in [5, 5.41) is 2.24. The normalized spacial score (nSPS) is 9.62. The predicted octanol–water partition coefficient (Wildman–Crippen LogP) is 1.04. The van der Waals surface area contributed by atoms with Gasteiger partial charge < -0.3 is 15.8 Å². The predicted molar refractivity (Wildman–Crippen MR) is 66.3 cm³/mol. The first kappa shape index (κ1) is 12.4. The van der Waals surface area contributed by atoms with E-state index in [0.29, 0.717) is 5.75 Å². The van der Waals surface area contributed by atoms with Crippen LogP contribution in [0.4, 0.5) is 0 Å². The lowest BCUT2D eigenvalue weighted by Crippen LogP contribution is -2.37. The molecule has 16 heavy (non-hydrogen) atoms. The van der Waals surface area contributed by atoms with Gasteiger partial charge in [-0.05, 0) is 49.3 Å². The third-order valence-electron chi connectivity index (χ3n) is 1.83. The molecule has 1 aromatic rings. The van der Waals surface area contributed by atoms with Crippen molar-refractivity contribution in [2.24, 2.45) is 5.73 Å². The Labute approximate surface area is 99.8 Å². The Morgan fingerprint density at radius 3 is 2.44 bits per heavy atom. The number of ether oxygens (including phenoxy) is 1. The molecule has 0 aliphatic carbocycles. The van der Waals surface area contributed by atoms with Gasteiger partial charge in [-0.15, -0.1) is 0 Å². The minimum atomic E-state index is -0.355. The summed E-state index contributed by atoms with van der Waals surface area (Å²) < 4.78 is 5.30. The molecular formula is C11H14N2O2S. The Balaban J connectivity index is 2.54. The van der Waals surface area contributed by atoms with E-state index in [-0.39, 0.29) is 17.6 Å². The lowest BCUT2D eigenvalue weighted by Gasteiger charge is -2.07. The van der Waals surface area contributed by atoms with Crippen molar-refractivity contribution >= 4 is 23.2 Å². The van der Waals surface area contributed by atoms with E-state index in [1.54, 1.807) is 0 Å². The Hall–Kier alpha value is -1.62. The SMILES string of the molecule is Cc1cc(C)cc(OCC(=O)NC(N)=S)c1. The number of nitrogens with two attached hydrogens (primary N) is 1. The lowest BCUT2D eigenvalue weighted by molar-refractivity contribution is -0.121. The number of rotatable bonds is 3. The van der Waals surface area contributed by atoms with E-state index < -0.39 is 0 Å². The van der Waals surface area contributed by atoms with Gasteiger partial charge >= 0.3 is 0 Å². The molecule has 0 heterocycles. The first-order valence-electron chi connectivity index (χ1n) is 4.78. The van der Waals surface area contributed by atoms with Gasteiger partial charge in [-0.1, -0.05) is 6.07 Å². The van der Waals surface area contributed by atoms with E-state index in [0.717, 1.165) is 11.1 Å². The Morgan fingerprint density at radius 2 is 1.94 bits per heavy atom. The summed E-state index contributed by atoms with van der Waals surface area (Å²) in [5.41, 5.74) is 7.33. The fourth-order valence-electron chi connectivity index (χ4n) is 1.34. The number of nitrogens with one attached hydrogen (secondary N) is 1. The monoisotopic (exact) mass is 238 g/mol. The van der Waals surface area contributed by atoms with Crippen LogP contribution in [0.1, 0.15) is 11.1 Å². The van der Waals surface area contributed by atoms with Gasteiger partial charge in [-0.25, -0.2) is 0 Å². The van der Waals surface area contributed by atoms with Crippen molar-refractivity contribution in [1.29, 1.82) is 0 Å². The fourth-order valence-corrected chi connectivity index (χ4v) is 1.45. The average Bonchev–Trinajstić information content (AvgIpc) is 2.12. The standard InChI is InChI=1S/C11H14N2O2S/c1-7-3-8(2)5-9(4-7)15-6-10(14)13-11(12)16/h3-5H,6H2,1-2H3,(H3,12,13,14,16). The van der Waals surface area contributed by atoms with E-state index in [1.807, 2.05) is 32.0 Å². The summed E-state index contributed by atoms with van der Waals surface area (Å²) >= 11 is 4.53. The maximum Gasteiger partial charge on any atom is 0.264 e. The molecule has 1 aromatic carbocycles. The van der Waals surface area contributed by atoms with Gasteiger partial charge in [0.2, 0.25) is 0 Å².